The maximum Gasteiger partial charge on any atom is 0.236 e. The van der Waals surface area contributed by atoms with Gasteiger partial charge in [0.25, 0.3) is 0 Å². The quantitative estimate of drug-likeness (QED) is 0.905. The number of H-pyrrole nitrogens is 1. The average molecular weight is 284 g/mol. The van der Waals surface area contributed by atoms with Gasteiger partial charge >= 0.3 is 0 Å². The molecule has 2 aromatic rings. The molecule has 0 spiro atoms. The molecule has 1 aliphatic heterocycles. The van der Waals surface area contributed by atoms with Crippen LogP contribution in [0.15, 0.2) is 18.6 Å². The van der Waals surface area contributed by atoms with Crippen LogP contribution < -0.4 is 4.90 Å². The lowest BCUT2D eigenvalue weighted by atomic mass is 10.2. The second-order valence-electron chi connectivity index (χ2n) is 5.17. The number of fused-ring (bicyclic) bond motifs is 1. The van der Waals surface area contributed by atoms with Crippen LogP contribution in [0.4, 0.5) is 5.82 Å². The highest BCUT2D eigenvalue weighted by Crippen LogP contribution is 2.26. The van der Waals surface area contributed by atoms with Gasteiger partial charge in [-0.25, -0.2) is 9.97 Å². The van der Waals surface area contributed by atoms with E-state index in [-0.39, 0.29) is 18.4 Å². The van der Waals surface area contributed by atoms with Gasteiger partial charge in [0.2, 0.25) is 5.91 Å². The lowest BCUT2D eigenvalue weighted by Gasteiger charge is -2.24. The van der Waals surface area contributed by atoms with Crippen molar-refractivity contribution < 1.29 is 4.79 Å². The fraction of sp³-hybridized carbons (Fsp3) is 0.429. The van der Waals surface area contributed by atoms with E-state index in [1.807, 2.05) is 18.3 Å². The maximum atomic E-state index is 11.8. The minimum Gasteiger partial charge on any atom is -0.354 e. The first-order valence-electron chi connectivity index (χ1n) is 6.86. The van der Waals surface area contributed by atoms with E-state index in [4.69, 9.17) is 5.26 Å². The van der Waals surface area contributed by atoms with Crippen molar-refractivity contribution in [1.82, 2.24) is 19.9 Å². The Labute approximate surface area is 122 Å². The molecule has 2 aromatic heterocycles. The van der Waals surface area contributed by atoms with Crippen molar-refractivity contribution in [2.45, 2.75) is 18.9 Å². The summed E-state index contributed by atoms with van der Waals surface area (Å²) in [5, 5.41) is 9.61. The van der Waals surface area contributed by atoms with Crippen molar-refractivity contribution in [1.29, 1.82) is 5.26 Å². The third-order valence-corrected chi connectivity index (χ3v) is 3.97. The van der Waals surface area contributed by atoms with Crippen LogP contribution in [0, 0.1) is 11.3 Å². The summed E-state index contributed by atoms with van der Waals surface area (Å²) in [6.07, 6.45) is 4.21. The van der Waals surface area contributed by atoms with Crippen molar-refractivity contribution in [2.75, 3.05) is 25.0 Å². The minimum atomic E-state index is -0.126. The molecule has 0 aromatic carbocycles. The molecule has 1 aliphatic rings. The highest BCUT2D eigenvalue weighted by molar-refractivity contribution is 5.87. The van der Waals surface area contributed by atoms with Gasteiger partial charge in [-0.15, -0.1) is 0 Å². The smallest absolute Gasteiger partial charge is 0.236 e. The predicted octanol–water partition coefficient (Wildman–Crippen LogP) is 0.909. The zero-order valence-corrected chi connectivity index (χ0v) is 11.8. The monoisotopic (exact) mass is 284 g/mol. The lowest BCUT2D eigenvalue weighted by molar-refractivity contribution is -0.130. The highest BCUT2D eigenvalue weighted by atomic mass is 16.2. The van der Waals surface area contributed by atoms with Gasteiger partial charge in [-0.2, -0.15) is 5.26 Å². The molecule has 1 N–H and O–H groups in total. The Hall–Kier alpha value is -2.62. The van der Waals surface area contributed by atoms with Gasteiger partial charge < -0.3 is 14.8 Å². The predicted molar refractivity (Wildman–Crippen MR) is 77.5 cm³/mol. The van der Waals surface area contributed by atoms with Crippen molar-refractivity contribution in [2.24, 2.45) is 0 Å². The van der Waals surface area contributed by atoms with Gasteiger partial charge in [-0.1, -0.05) is 0 Å². The SMILES string of the molecule is CN(C(=O)CC#N)[C@H]1CCN(c2ncnc3[nH]ccc23)C1. The Morgan fingerprint density at radius 2 is 2.48 bits per heavy atom. The number of nitrogens with zero attached hydrogens (tertiary/aromatic N) is 5. The number of nitrogens with one attached hydrogen (secondary N) is 1. The van der Waals surface area contributed by atoms with Gasteiger partial charge in [0.15, 0.2) is 0 Å². The molecule has 0 radical (unpaired) electrons. The van der Waals surface area contributed by atoms with Crippen LogP contribution in [0.3, 0.4) is 0 Å². The Kier molecular flexibility index (Phi) is 3.44. The lowest BCUT2D eigenvalue weighted by Crippen LogP contribution is -2.38. The molecule has 7 heteroatoms. The molecule has 3 heterocycles. The molecule has 21 heavy (non-hydrogen) atoms. The molecule has 1 atom stereocenters. The number of rotatable bonds is 3. The summed E-state index contributed by atoms with van der Waals surface area (Å²) in [6.45, 7) is 1.57. The van der Waals surface area contributed by atoms with Crippen LogP contribution >= 0.6 is 0 Å². The Morgan fingerprint density at radius 3 is 3.29 bits per heavy atom. The maximum absolute atomic E-state index is 11.8. The number of anilines is 1. The molecule has 108 valence electrons. The standard InChI is InChI=1S/C14H16N6O/c1-19(12(21)2-5-15)10-4-7-20(8-10)14-11-3-6-16-13(11)17-9-18-14/h3,6,9-10H,2,4,7-8H2,1H3,(H,16,17,18)/t10-/m0/s1. The van der Waals surface area contributed by atoms with Crippen LogP contribution in [0.2, 0.25) is 0 Å². The molecule has 1 saturated heterocycles. The number of nitriles is 1. The summed E-state index contributed by atoms with van der Waals surface area (Å²) < 4.78 is 0. The van der Waals surface area contributed by atoms with Crippen LogP contribution in [-0.4, -0.2) is 51.9 Å². The van der Waals surface area contributed by atoms with Gasteiger partial charge in [0.1, 0.15) is 24.2 Å². The van der Waals surface area contributed by atoms with Crippen LogP contribution in [-0.2, 0) is 4.79 Å². The second-order valence-corrected chi connectivity index (χ2v) is 5.17. The number of likely N-dealkylation sites (N-methyl/N-ethyl adjacent to an activating group) is 1. The first-order valence-corrected chi connectivity index (χ1v) is 6.86. The van der Waals surface area contributed by atoms with E-state index in [2.05, 4.69) is 19.9 Å². The molecule has 7 nitrogen and oxygen atoms in total. The van der Waals surface area contributed by atoms with E-state index in [1.165, 1.54) is 0 Å². The van der Waals surface area contributed by atoms with Gasteiger partial charge in [0, 0.05) is 26.3 Å². The van der Waals surface area contributed by atoms with Crippen LogP contribution in [0.25, 0.3) is 11.0 Å². The largest absolute Gasteiger partial charge is 0.354 e. The molecule has 0 unspecified atom stereocenters. The van der Waals surface area contributed by atoms with Gasteiger partial charge in [-0.05, 0) is 12.5 Å². The van der Waals surface area contributed by atoms with E-state index in [9.17, 15) is 4.79 Å². The molecule has 0 saturated carbocycles. The first kappa shape index (κ1) is 13.4. The van der Waals surface area contributed by atoms with Crippen molar-refractivity contribution >= 4 is 22.8 Å². The van der Waals surface area contributed by atoms with Crippen molar-refractivity contribution in [3.8, 4) is 6.07 Å². The van der Waals surface area contributed by atoms with Crippen LogP contribution in [0.1, 0.15) is 12.8 Å². The third-order valence-electron chi connectivity index (χ3n) is 3.97. The third kappa shape index (κ3) is 2.40. The van der Waals surface area contributed by atoms with E-state index in [0.29, 0.717) is 0 Å². The van der Waals surface area contributed by atoms with E-state index >= 15 is 0 Å². The number of carbonyl (C=O) groups excluding carboxylic acids is 1. The number of aromatic nitrogens is 3. The Morgan fingerprint density at radius 1 is 1.62 bits per heavy atom. The normalized spacial score (nSPS) is 17.9. The Bertz CT molecular complexity index is 703. The summed E-state index contributed by atoms with van der Waals surface area (Å²) in [7, 11) is 1.76. The zero-order valence-electron chi connectivity index (χ0n) is 11.8. The minimum absolute atomic E-state index is 0.0669. The average Bonchev–Trinajstić information content (AvgIpc) is 3.15. The summed E-state index contributed by atoms with van der Waals surface area (Å²) in [4.78, 5) is 27.3. The topological polar surface area (TPSA) is 88.9 Å². The number of amides is 1. The van der Waals surface area contributed by atoms with E-state index in [1.54, 1.807) is 18.3 Å². The summed E-state index contributed by atoms with van der Waals surface area (Å²) in [5.74, 6) is 0.767. The highest BCUT2D eigenvalue weighted by Gasteiger charge is 2.29. The second kappa shape index (κ2) is 5.40. The number of carbonyl (C=O) groups is 1. The number of hydrogen-bond donors (Lipinski definition) is 1. The fourth-order valence-electron chi connectivity index (χ4n) is 2.76. The first-order chi connectivity index (χ1) is 10.2. The Balaban J connectivity index is 1.77. The molecular weight excluding hydrogens is 268 g/mol. The summed E-state index contributed by atoms with van der Waals surface area (Å²) in [5.41, 5.74) is 0.817. The van der Waals surface area contributed by atoms with E-state index in [0.717, 1.165) is 36.4 Å². The van der Waals surface area contributed by atoms with Crippen molar-refractivity contribution in [3.63, 3.8) is 0 Å². The van der Waals surface area contributed by atoms with Gasteiger partial charge in [-0.3, -0.25) is 4.79 Å². The van der Waals surface area contributed by atoms with Crippen molar-refractivity contribution in [3.05, 3.63) is 18.6 Å². The fourth-order valence-corrected chi connectivity index (χ4v) is 2.76. The molecular formula is C14H16N6O. The molecule has 3 rings (SSSR count). The number of aromatic amines is 1. The van der Waals surface area contributed by atoms with E-state index < -0.39 is 0 Å². The summed E-state index contributed by atoms with van der Waals surface area (Å²) in [6, 6.07) is 3.99. The molecule has 0 bridgehead atoms. The number of hydrogen-bond acceptors (Lipinski definition) is 5. The molecule has 1 amide bonds. The molecule has 0 aliphatic carbocycles. The van der Waals surface area contributed by atoms with Crippen LogP contribution in [0.5, 0.6) is 0 Å². The zero-order chi connectivity index (χ0) is 14.8. The van der Waals surface area contributed by atoms with Gasteiger partial charge in [0.05, 0.1) is 17.5 Å². The summed E-state index contributed by atoms with van der Waals surface area (Å²) >= 11 is 0. The molecule has 1 fully saturated rings.